The molecule has 0 aliphatic carbocycles. The lowest BCUT2D eigenvalue weighted by molar-refractivity contribution is -0.124. The molecule has 2 atom stereocenters. The zero-order valence-electron chi connectivity index (χ0n) is 13.1. The summed E-state index contributed by atoms with van der Waals surface area (Å²) in [5.74, 6) is 0.00477. The van der Waals surface area contributed by atoms with Crippen molar-refractivity contribution in [2.75, 3.05) is 13.1 Å². The van der Waals surface area contributed by atoms with Gasteiger partial charge in [-0.2, -0.15) is 0 Å². The molecule has 2 N–H and O–H groups in total. The zero-order chi connectivity index (χ0) is 15.9. The summed E-state index contributed by atoms with van der Waals surface area (Å²) in [6.07, 6.45) is 3.58. The van der Waals surface area contributed by atoms with Gasteiger partial charge in [0.1, 0.15) is 0 Å². The molecule has 0 saturated carbocycles. The van der Waals surface area contributed by atoms with E-state index in [1.54, 1.807) is 0 Å². The standard InChI is InChI=1S/C17H25ClN2O2/c1-2-16(21)15-5-3-4-10-20(15)12-17(22)19-11-13-6-8-14(18)9-7-13/h6-9,15-16,21H,2-5,10-12H2,1H3,(H,19,22). The van der Waals surface area contributed by atoms with Gasteiger partial charge in [0.05, 0.1) is 12.6 Å². The Balaban J connectivity index is 1.83. The van der Waals surface area contributed by atoms with Gasteiger partial charge in [-0.15, -0.1) is 0 Å². The lowest BCUT2D eigenvalue weighted by atomic mass is 9.96. The summed E-state index contributed by atoms with van der Waals surface area (Å²) in [5, 5.41) is 13.7. The smallest absolute Gasteiger partial charge is 0.234 e. The minimum Gasteiger partial charge on any atom is -0.392 e. The minimum atomic E-state index is -0.343. The van der Waals surface area contributed by atoms with Crippen molar-refractivity contribution in [3.05, 3.63) is 34.9 Å². The third-order valence-corrected chi connectivity index (χ3v) is 4.53. The van der Waals surface area contributed by atoms with E-state index in [0.29, 0.717) is 18.1 Å². The molecule has 2 unspecified atom stereocenters. The van der Waals surface area contributed by atoms with Crippen LogP contribution in [0.25, 0.3) is 0 Å². The van der Waals surface area contributed by atoms with Gasteiger partial charge in [-0.05, 0) is 43.5 Å². The highest BCUT2D eigenvalue weighted by Gasteiger charge is 2.28. The third-order valence-electron chi connectivity index (χ3n) is 4.28. The number of piperidine rings is 1. The summed E-state index contributed by atoms with van der Waals surface area (Å²) in [5.41, 5.74) is 1.03. The van der Waals surface area contributed by atoms with E-state index >= 15 is 0 Å². The van der Waals surface area contributed by atoms with Crippen molar-refractivity contribution in [3.8, 4) is 0 Å². The van der Waals surface area contributed by atoms with Gasteiger partial charge in [-0.25, -0.2) is 0 Å². The molecular formula is C17H25ClN2O2. The monoisotopic (exact) mass is 324 g/mol. The molecule has 0 bridgehead atoms. The Morgan fingerprint density at radius 2 is 2.14 bits per heavy atom. The number of halogens is 1. The minimum absolute atomic E-state index is 0.00477. The molecule has 4 nitrogen and oxygen atoms in total. The first kappa shape index (κ1) is 17.3. The van der Waals surface area contributed by atoms with Crippen LogP contribution in [0.15, 0.2) is 24.3 Å². The van der Waals surface area contributed by atoms with Crippen molar-refractivity contribution in [2.24, 2.45) is 0 Å². The number of hydrogen-bond donors (Lipinski definition) is 2. The van der Waals surface area contributed by atoms with E-state index in [-0.39, 0.29) is 18.1 Å². The number of rotatable bonds is 6. The topological polar surface area (TPSA) is 52.6 Å². The summed E-state index contributed by atoms with van der Waals surface area (Å²) in [7, 11) is 0. The summed E-state index contributed by atoms with van der Waals surface area (Å²) >= 11 is 5.84. The van der Waals surface area contributed by atoms with Crippen molar-refractivity contribution in [1.29, 1.82) is 0 Å². The van der Waals surface area contributed by atoms with Crippen molar-refractivity contribution < 1.29 is 9.90 Å². The molecule has 2 rings (SSSR count). The normalized spacial score (nSPS) is 20.6. The maximum atomic E-state index is 12.1. The van der Waals surface area contributed by atoms with Gasteiger partial charge in [0.15, 0.2) is 0 Å². The molecule has 1 aromatic rings. The number of carbonyl (C=O) groups is 1. The van der Waals surface area contributed by atoms with Gasteiger partial charge in [0.25, 0.3) is 0 Å². The van der Waals surface area contributed by atoms with Gasteiger partial charge in [-0.1, -0.05) is 37.1 Å². The molecule has 0 radical (unpaired) electrons. The molecule has 122 valence electrons. The van der Waals surface area contributed by atoms with Crippen molar-refractivity contribution in [3.63, 3.8) is 0 Å². The van der Waals surface area contributed by atoms with Crippen LogP contribution in [0, 0.1) is 0 Å². The van der Waals surface area contributed by atoms with Crippen LogP contribution in [0.5, 0.6) is 0 Å². The van der Waals surface area contributed by atoms with Crippen molar-refractivity contribution >= 4 is 17.5 Å². The van der Waals surface area contributed by atoms with Crippen LogP contribution in [-0.4, -0.2) is 41.1 Å². The average Bonchev–Trinajstić information content (AvgIpc) is 2.54. The van der Waals surface area contributed by atoms with E-state index in [1.165, 1.54) is 0 Å². The number of aliphatic hydroxyl groups is 1. The van der Waals surface area contributed by atoms with Gasteiger partial charge in [-0.3, -0.25) is 9.69 Å². The molecule has 1 heterocycles. The Bertz CT molecular complexity index is 478. The van der Waals surface area contributed by atoms with Gasteiger partial charge in [0.2, 0.25) is 5.91 Å². The van der Waals surface area contributed by atoms with Crippen LogP contribution in [-0.2, 0) is 11.3 Å². The maximum Gasteiger partial charge on any atom is 0.234 e. The van der Waals surface area contributed by atoms with Crippen LogP contribution in [0.1, 0.15) is 38.2 Å². The number of benzene rings is 1. The van der Waals surface area contributed by atoms with E-state index in [4.69, 9.17) is 11.6 Å². The van der Waals surface area contributed by atoms with Gasteiger partial charge >= 0.3 is 0 Å². The first-order chi connectivity index (χ1) is 10.6. The predicted molar refractivity (Wildman–Crippen MR) is 88.8 cm³/mol. The molecule has 0 spiro atoms. The highest BCUT2D eigenvalue weighted by atomic mass is 35.5. The zero-order valence-corrected chi connectivity index (χ0v) is 13.9. The molecular weight excluding hydrogens is 300 g/mol. The van der Waals surface area contributed by atoms with Crippen LogP contribution < -0.4 is 5.32 Å². The summed E-state index contributed by atoms with van der Waals surface area (Å²) < 4.78 is 0. The van der Waals surface area contributed by atoms with E-state index in [2.05, 4.69) is 10.2 Å². The second-order valence-electron chi connectivity index (χ2n) is 5.91. The Kier molecular flexibility index (Phi) is 6.68. The number of carbonyl (C=O) groups excluding carboxylic acids is 1. The molecule has 1 saturated heterocycles. The molecule has 1 amide bonds. The van der Waals surface area contributed by atoms with Crippen LogP contribution in [0.3, 0.4) is 0 Å². The Hall–Kier alpha value is -1.10. The third kappa shape index (κ3) is 4.97. The Morgan fingerprint density at radius 3 is 2.82 bits per heavy atom. The molecule has 1 aliphatic rings. The molecule has 1 fully saturated rings. The predicted octanol–water partition coefficient (Wildman–Crippen LogP) is 2.58. The van der Waals surface area contributed by atoms with Gasteiger partial charge < -0.3 is 10.4 Å². The lowest BCUT2D eigenvalue weighted by Gasteiger charge is -2.37. The second-order valence-corrected chi connectivity index (χ2v) is 6.35. The van der Waals surface area contributed by atoms with Crippen LogP contribution >= 0.6 is 11.6 Å². The molecule has 22 heavy (non-hydrogen) atoms. The Labute approximate surface area is 137 Å². The summed E-state index contributed by atoms with van der Waals surface area (Å²) in [6, 6.07) is 7.57. The average molecular weight is 325 g/mol. The fraction of sp³-hybridized carbons (Fsp3) is 0.588. The van der Waals surface area contributed by atoms with Crippen LogP contribution in [0.4, 0.5) is 0 Å². The van der Waals surface area contributed by atoms with Crippen LogP contribution in [0.2, 0.25) is 5.02 Å². The number of nitrogens with zero attached hydrogens (tertiary/aromatic N) is 1. The van der Waals surface area contributed by atoms with Gasteiger partial charge in [0, 0.05) is 17.6 Å². The van der Waals surface area contributed by atoms with E-state index in [1.807, 2.05) is 31.2 Å². The first-order valence-electron chi connectivity index (χ1n) is 8.03. The molecule has 0 aromatic heterocycles. The number of nitrogens with one attached hydrogen (secondary N) is 1. The summed E-state index contributed by atoms with van der Waals surface area (Å²) in [4.78, 5) is 14.3. The Morgan fingerprint density at radius 1 is 1.41 bits per heavy atom. The number of hydrogen-bond acceptors (Lipinski definition) is 3. The lowest BCUT2D eigenvalue weighted by Crippen LogP contribution is -2.50. The molecule has 5 heteroatoms. The highest BCUT2D eigenvalue weighted by Crippen LogP contribution is 2.20. The number of aliphatic hydroxyl groups excluding tert-OH is 1. The molecule has 1 aliphatic heterocycles. The van der Waals surface area contributed by atoms with Crippen molar-refractivity contribution in [2.45, 2.75) is 51.3 Å². The highest BCUT2D eigenvalue weighted by molar-refractivity contribution is 6.30. The SMILES string of the molecule is CCC(O)C1CCCCN1CC(=O)NCc1ccc(Cl)cc1. The summed E-state index contributed by atoms with van der Waals surface area (Å²) in [6.45, 7) is 3.73. The maximum absolute atomic E-state index is 12.1. The largest absolute Gasteiger partial charge is 0.392 e. The first-order valence-corrected chi connectivity index (χ1v) is 8.41. The molecule has 1 aromatic carbocycles. The fourth-order valence-electron chi connectivity index (χ4n) is 2.96. The van der Waals surface area contributed by atoms with Crippen molar-refractivity contribution in [1.82, 2.24) is 10.2 Å². The quantitative estimate of drug-likeness (QED) is 0.845. The fourth-order valence-corrected chi connectivity index (χ4v) is 3.09. The second kappa shape index (κ2) is 8.51. The number of amides is 1. The van der Waals surface area contributed by atoms with E-state index in [0.717, 1.165) is 37.8 Å². The van der Waals surface area contributed by atoms with E-state index in [9.17, 15) is 9.90 Å². The number of likely N-dealkylation sites (tertiary alicyclic amines) is 1. The van der Waals surface area contributed by atoms with E-state index < -0.39 is 0 Å².